The summed E-state index contributed by atoms with van der Waals surface area (Å²) >= 11 is 0. The molecule has 0 amide bonds. The highest BCUT2D eigenvalue weighted by molar-refractivity contribution is 5.59. The molecule has 0 radical (unpaired) electrons. The first-order valence-corrected chi connectivity index (χ1v) is 8.10. The summed E-state index contributed by atoms with van der Waals surface area (Å²) in [6.45, 7) is -0.0766. The fourth-order valence-electron chi connectivity index (χ4n) is 2.79. The Morgan fingerprint density at radius 3 is 2.41 bits per heavy atom. The molecular formula is C19H13F3N4O. The summed E-state index contributed by atoms with van der Waals surface area (Å²) in [5, 5.41) is 8.46. The standard InChI is InChI=1S/C19H13F3N4O/c20-19(21,22)15-8-4-5-13(11-15)12-25-18(27)26-17(24-25)10-9-16(23-26)14-6-2-1-3-7-14/h1-11H,12H2. The average molecular weight is 370 g/mol. The molecule has 0 atom stereocenters. The summed E-state index contributed by atoms with van der Waals surface area (Å²) in [5.41, 5.74) is 0.826. The fraction of sp³-hybridized carbons (Fsp3) is 0.105. The van der Waals surface area contributed by atoms with Crippen molar-refractivity contribution in [3.8, 4) is 11.3 Å². The van der Waals surface area contributed by atoms with Gasteiger partial charge >= 0.3 is 11.9 Å². The van der Waals surface area contributed by atoms with Gasteiger partial charge in [0.25, 0.3) is 0 Å². The van der Waals surface area contributed by atoms with E-state index in [1.807, 2.05) is 30.3 Å². The average Bonchev–Trinajstić information content (AvgIpc) is 2.97. The maximum Gasteiger partial charge on any atom is 0.416 e. The summed E-state index contributed by atoms with van der Waals surface area (Å²) in [6, 6.07) is 17.6. The number of hydrogen-bond donors (Lipinski definition) is 0. The van der Waals surface area contributed by atoms with Gasteiger partial charge in [-0.2, -0.15) is 22.8 Å². The van der Waals surface area contributed by atoms with Crippen LogP contribution in [0.3, 0.4) is 0 Å². The molecule has 0 spiro atoms. The van der Waals surface area contributed by atoms with Gasteiger partial charge in [-0.1, -0.05) is 42.5 Å². The normalized spacial score (nSPS) is 11.8. The monoisotopic (exact) mass is 370 g/mol. The molecule has 0 saturated carbocycles. The molecule has 2 heterocycles. The molecule has 0 aliphatic rings. The number of alkyl halides is 3. The molecule has 136 valence electrons. The van der Waals surface area contributed by atoms with Crippen molar-refractivity contribution in [2.75, 3.05) is 0 Å². The molecule has 0 fully saturated rings. The molecule has 0 N–H and O–H groups in total. The van der Waals surface area contributed by atoms with Crippen LogP contribution < -0.4 is 5.69 Å². The third kappa shape index (κ3) is 3.33. The van der Waals surface area contributed by atoms with Crippen LogP contribution in [0.1, 0.15) is 11.1 Å². The Morgan fingerprint density at radius 2 is 1.67 bits per heavy atom. The highest BCUT2D eigenvalue weighted by Gasteiger charge is 2.30. The summed E-state index contributed by atoms with van der Waals surface area (Å²) in [7, 11) is 0. The largest absolute Gasteiger partial charge is 0.416 e. The lowest BCUT2D eigenvalue weighted by molar-refractivity contribution is -0.137. The first-order valence-electron chi connectivity index (χ1n) is 8.10. The number of hydrogen-bond acceptors (Lipinski definition) is 3. The summed E-state index contributed by atoms with van der Waals surface area (Å²) in [6.07, 6.45) is -4.44. The van der Waals surface area contributed by atoms with Crippen molar-refractivity contribution in [1.29, 1.82) is 0 Å². The maximum absolute atomic E-state index is 12.9. The van der Waals surface area contributed by atoms with E-state index in [1.165, 1.54) is 12.1 Å². The van der Waals surface area contributed by atoms with Crippen LogP contribution >= 0.6 is 0 Å². The topological polar surface area (TPSA) is 52.2 Å². The van der Waals surface area contributed by atoms with Crippen molar-refractivity contribution in [3.63, 3.8) is 0 Å². The molecule has 0 aliphatic heterocycles. The number of fused-ring (bicyclic) bond motifs is 1. The Hall–Kier alpha value is -3.42. The van der Waals surface area contributed by atoms with E-state index in [-0.39, 0.29) is 6.54 Å². The minimum atomic E-state index is -4.44. The molecule has 0 bridgehead atoms. The van der Waals surface area contributed by atoms with Gasteiger partial charge in [0.2, 0.25) is 0 Å². The molecule has 4 rings (SSSR count). The molecule has 2 aromatic heterocycles. The summed E-state index contributed by atoms with van der Waals surface area (Å²) < 4.78 is 40.8. The second-order valence-electron chi connectivity index (χ2n) is 5.99. The van der Waals surface area contributed by atoms with Crippen LogP contribution in [0.5, 0.6) is 0 Å². The molecule has 8 heteroatoms. The Balaban J connectivity index is 1.72. The first kappa shape index (κ1) is 17.0. The van der Waals surface area contributed by atoms with Gasteiger partial charge < -0.3 is 0 Å². The number of nitrogens with zero attached hydrogens (tertiary/aromatic N) is 4. The van der Waals surface area contributed by atoms with Crippen molar-refractivity contribution in [1.82, 2.24) is 19.4 Å². The van der Waals surface area contributed by atoms with Crippen molar-refractivity contribution >= 4 is 5.65 Å². The van der Waals surface area contributed by atoms with Crippen LogP contribution in [0, 0.1) is 0 Å². The Kier molecular flexibility index (Phi) is 4.02. The van der Waals surface area contributed by atoms with Gasteiger partial charge in [-0.05, 0) is 29.8 Å². The molecular weight excluding hydrogens is 357 g/mol. The predicted octanol–water partition coefficient (Wildman–Crippen LogP) is 3.63. The molecule has 5 nitrogen and oxygen atoms in total. The minimum Gasteiger partial charge on any atom is -0.244 e. The van der Waals surface area contributed by atoms with E-state index in [1.54, 1.807) is 12.1 Å². The quantitative estimate of drug-likeness (QED) is 0.553. The lowest BCUT2D eigenvalue weighted by Crippen LogP contribution is -2.23. The molecule has 4 aromatic rings. The fourth-order valence-corrected chi connectivity index (χ4v) is 2.79. The second kappa shape index (κ2) is 6.39. The van der Waals surface area contributed by atoms with Gasteiger partial charge in [0.05, 0.1) is 17.8 Å². The Bertz CT molecular complexity index is 1160. The lowest BCUT2D eigenvalue weighted by Gasteiger charge is -2.08. The van der Waals surface area contributed by atoms with Crippen molar-refractivity contribution in [3.05, 3.63) is 88.3 Å². The van der Waals surface area contributed by atoms with Gasteiger partial charge in [-0.15, -0.1) is 5.10 Å². The van der Waals surface area contributed by atoms with Crippen LogP contribution in [0.15, 0.2) is 71.5 Å². The van der Waals surface area contributed by atoms with Crippen LogP contribution in [-0.4, -0.2) is 19.4 Å². The second-order valence-corrected chi connectivity index (χ2v) is 5.99. The van der Waals surface area contributed by atoms with E-state index >= 15 is 0 Å². The Morgan fingerprint density at radius 1 is 0.889 bits per heavy atom. The highest BCUT2D eigenvalue weighted by Crippen LogP contribution is 2.29. The number of aromatic nitrogens is 4. The van der Waals surface area contributed by atoms with Gasteiger partial charge in [0, 0.05) is 5.56 Å². The summed E-state index contributed by atoms with van der Waals surface area (Å²) in [5.74, 6) is 0. The number of benzene rings is 2. The molecule has 0 unspecified atom stereocenters. The van der Waals surface area contributed by atoms with E-state index in [0.717, 1.165) is 26.9 Å². The summed E-state index contributed by atoms with van der Waals surface area (Å²) in [4.78, 5) is 12.6. The predicted molar refractivity (Wildman–Crippen MR) is 93.2 cm³/mol. The zero-order valence-corrected chi connectivity index (χ0v) is 13.9. The molecule has 0 saturated heterocycles. The van der Waals surface area contributed by atoms with E-state index in [9.17, 15) is 18.0 Å². The van der Waals surface area contributed by atoms with Crippen LogP contribution in [0.2, 0.25) is 0 Å². The zero-order chi connectivity index (χ0) is 19.0. The molecule has 0 aliphatic carbocycles. The van der Waals surface area contributed by atoms with Crippen molar-refractivity contribution in [2.24, 2.45) is 0 Å². The highest BCUT2D eigenvalue weighted by atomic mass is 19.4. The lowest BCUT2D eigenvalue weighted by atomic mass is 10.1. The number of rotatable bonds is 3. The van der Waals surface area contributed by atoms with Crippen molar-refractivity contribution in [2.45, 2.75) is 12.7 Å². The molecule has 2 aromatic carbocycles. The van der Waals surface area contributed by atoms with Crippen molar-refractivity contribution < 1.29 is 13.2 Å². The van der Waals surface area contributed by atoms with Gasteiger partial charge in [-0.3, -0.25) is 0 Å². The van der Waals surface area contributed by atoms with Gasteiger partial charge in [-0.25, -0.2) is 9.48 Å². The first-order chi connectivity index (χ1) is 12.9. The van der Waals surface area contributed by atoms with Crippen LogP contribution in [0.25, 0.3) is 16.9 Å². The third-order valence-corrected chi connectivity index (χ3v) is 4.10. The van der Waals surface area contributed by atoms with E-state index in [4.69, 9.17) is 0 Å². The molecule has 27 heavy (non-hydrogen) atoms. The van der Waals surface area contributed by atoms with E-state index < -0.39 is 17.4 Å². The number of halogens is 3. The van der Waals surface area contributed by atoms with Gasteiger partial charge in [0.15, 0.2) is 5.65 Å². The Labute approximate surface area is 151 Å². The van der Waals surface area contributed by atoms with E-state index in [0.29, 0.717) is 16.9 Å². The SMILES string of the molecule is O=c1n(Cc2cccc(C(F)(F)F)c2)nc2ccc(-c3ccccc3)nn12. The third-order valence-electron chi connectivity index (χ3n) is 4.10. The zero-order valence-electron chi connectivity index (χ0n) is 13.9. The van der Waals surface area contributed by atoms with Crippen LogP contribution in [0.4, 0.5) is 13.2 Å². The van der Waals surface area contributed by atoms with E-state index in [2.05, 4.69) is 10.2 Å². The minimum absolute atomic E-state index is 0.0766. The van der Waals surface area contributed by atoms with Crippen LogP contribution in [-0.2, 0) is 12.7 Å². The smallest absolute Gasteiger partial charge is 0.244 e. The maximum atomic E-state index is 12.9. The van der Waals surface area contributed by atoms with Gasteiger partial charge in [0.1, 0.15) is 0 Å².